The van der Waals surface area contributed by atoms with Crippen LogP contribution in [-0.4, -0.2) is 22.5 Å². The van der Waals surface area contributed by atoms with Crippen molar-refractivity contribution in [3.63, 3.8) is 0 Å². The molecule has 1 rings (SSSR count). The van der Waals surface area contributed by atoms with Gasteiger partial charge in [-0.15, -0.1) is 0 Å². The Balaban J connectivity index is 2.99. The molecule has 0 spiro atoms. The zero-order valence-electron chi connectivity index (χ0n) is 11.7. The van der Waals surface area contributed by atoms with Crippen molar-refractivity contribution in [2.75, 3.05) is 6.61 Å². The molecule has 0 bridgehead atoms. The molecule has 0 amide bonds. The molecule has 18 heavy (non-hydrogen) atoms. The quantitative estimate of drug-likeness (QED) is 0.829. The van der Waals surface area contributed by atoms with Gasteiger partial charge in [-0.25, -0.2) is 0 Å². The van der Waals surface area contributed by atoms with E-state index in [2.05, 4.69) is 25.9 Å². The number of halogens is 1. The maximum Gasteiger partial charge on any atom is 0.0835 e. The number of hydrogen-bond acceptors (Lipinski definition) is 3. The van der Waals surface area contributed by atoms with Gasteiger partial charge in [0.15, 0.2) is 0 Å². The third-order valence-electron chi connectivity index (χ3n) is 2.95. The van der Waals surface area contributed by atoms with Crippen LogP contribution in [0.3, 0.4) is 0 Å². The highest BCUT2D eigenvalue weighted by Crippen LogP contribution is 2.28. The summed E-state index contributed by atoms with van der Waals surface area (Å²) in [4.78, 5) is 0. The van der Waals surface area contributed by atoms with Crippen LogP contribution in [0, 0.1) is 0 Å². The molecule has 0 aromatic carbocycles. The smallest absolute Gasteiger partial charge is 0.0835 e. The van der Waals surface area contributed by atoms with E-state index in [1.807, 2.05) is 11.6 Å². The normalized spacial score (nSPS) is 15.1. The van der Waals surface area contributed by atoms with Gasteiger partial charge in [-0.1, -0.05) is 24.9 Å². The van der Waals surface area contributed by atoms with Gasteiger partial charge in [0, 0.05) is 12.6 Å². The Morgan fingerprint density at radius 3 is 2.61 bits per heavy atom. The van der Waals surface area contributed by atoms with Crippen molar-refractivity contribution in [2.45, 2.75) is 58.7 Å². The van der Waals surface area contributed by atoms with Gasteiger partial charge in [-0.2, -0.15) is 5.10 Å². The lowest BCUT2D eigenvalue weighted by Gasteiger charge is -2.25. The summed E-state index contributed by atoms with van der Waals surface area (Å²) in [6.07, 6.45) is 3.61. The summed E-state index contributed by atoms with van der Waals surface area (Å²) in [5.41, 5.74) is 7.20. The predicted octanol–water partition coefficient (Wildman–Crippen LogP) is 3.32. The maximum atomic E-state index is 6.32. The van der Waals surface area contributed by atoms with E-state index in [9.17, 15) is 0 Å². The molecule has 1 heterocycles. The molecular formula is C13H24ClN3O. The van der Waals surface area contributed by atoms with Crippen LogP contribution in [0.15, 0.2) is 6.20 Å². The monoisotopic (exact) mass is 273 g/mol. The summed E-state index contributed by atoms with van der Waals surface area (Å²) < 4.78 is 7.62. The standard InChI is InChI=1S/C13H24ClN3O/c1-5-7-11(18-6-2)12(15)13-10(14)8-16-17(13)9(3)4/h8-9,11-12H,5-7,15H2,1-4H3. The van der Waals surface area contributed by atoms with E-state index in [1.165, 1.54) is 0 Å². The van der Waals surface area contributed by atoms with E-state index in [4.69, 9.17) is 22.1 Å². The molecule has 0 aliphatic heterocycles. The van der Waals surface area contributed by atoms with E-state index in [-0.39, 0.29) is 18.2 Å². The van der Waals surface area contributed by atoms with Gasteiger partial charge in [0.05, 0.1) is 29.1 Å². The zero-order chi connectivity index (χ0) is 13.7. The molecule has 0 aliphatic rings. The van der Waals surface area contributed by atoms with Gasteiger partial charge in [0.1, 0.15) is 0 Å². The lowest BCUT2D eigenvalue weighted by Crippen LogP contribution is -2.31. The third kappa shape index (κ3) is 3.46. The van der Waals surface area contributed by atoms with Gasteiger partial charge >= 0.3 is 0 Å². The summed E-state index contributed by atoms with van der Waals surface area (Å²) in [7, 11) is 0. The second-order valence-corrected chi connectivity index (χ2v) is 5.13. The fraction of sp³-hybridized carbons (Fsp3) is 0.769. The highest BCUT2D eigenvalue weighted by molar-refractivity contribution is 6.31. The van der Waals surface area contributed by atoms with Crippen LogP contribution in [0.2, 0.25) is 5.02 Å². The molecule has 2 unspecified atom stereocenters. The summed E-state index contributed by atoms with van der Waals surface area (Å²) in [5.74, 6) is 0. The van der Waals surface area contributed by atoms with Crippen molar-refractivity contribution < 1.29 is 4.74 Å². The summed E-state index contributed by atoms with van der Waals surface area (Å²) >= 11 is 6.21. The summed E-state index contributed by atoms with van der Waals surface area (Å²) in [6, 6.07) is 0.00440. The lowest BCUT2D eigenvalue weighted by atomic mass is 10.0. The van der Waals surface area contributed by atoms with Gasteiger partial charge in [0.2, 0.25) is 0 Å². The molecule has 4 nitrogen and oxygen atoms in total. The predicted molar refractivity (Wildman–Crippen MR) is 74.9 cm³/mol. The Kier molecular flexibility index (Phi) is 6.12. The Bertz CT molecular complexity index is 359. The summed E-state index contributed by atoms with van der Waals surface area (Å²) in [6.45, 7) is 8.90. The Labute approximate surface area is 114 Å². The zero-order valence-corrected chi connectivity index (χ0v) is 12.4. The van der Waals surface area contributed by atoms with E-state index in [0.29, 0.717) is 11.6 Å². The van der Waals surface area contributed by atoms with Gasteiger partial charge in [-0.3, -0.25) is 4.68 Å². The van der Waals surface area contributed by atoms with E-state index in [0.717, 1.165) is 18.5 Å². The molecule has 104 valence electrons. The van der Waals surface area contributed by atoms with Gasteiger partial charge in [0.25, 0.3) is 0 Å². The van der Waals surface area contributed by atoms with Crippen LogP contribution in [0.4, 0.5) is 0 Å². The first-order valence-corrected chi connectivity index (χ1v) is 7.00. The van der Waals surface area contributed by atoms with Crippen LogP contribution in [0.25, 0.3) is 0 Å². The van der Waals surface area contributed by atoms with Crippen molar-refractivity contribution >= 4 is 11.6 Å². The van der Waals surface area contributed by atoms with Crippen LogP contribution >= 0.6 is 11.6 Å². The van der Waals surface area contributed by atoms with Gasteiger partial charge in [-0.05, 0) is 27.2 Å². The molecule has 1 aromatic rings. The van der Waals surface area contributed by atoms with E-state index >= 15 is 0 Å². The average molecular weight is 274 g/mol. The highest BCUT2D eigenvalue weighted by Gasteiger charge is 2.26. The van der Waals surface area contributed by atoms with Crippen LogP contribution in [0.5, 0.6) is 0 Å². The van der Waals surface area contributed by atoms with Crippen molar-refractivity contribution in [2.24, 2.45) is 5.73 Å². The molecule has 0 aliphatic carbocycles. The Morgan fingerprint density at radius 1 is 1.44 bits per heavy atom. The second-order valence-electron chi connectivity index (χ2n) is 4.72. The Morgan fingerprint density at radius 2 is 2.11 bits per heavy atom. The molecule has 0 saturated heterocycles. The van der Waals surface area contributed by atoms with Crippen LogP contribution in [0.1, 0.15) is 58.3 Å². The summed E-state index contributed by atoms with van der Waals surface area (Å²) in [5, 5.41) is 4.91. The number of nitrogens with zero attached hydrogens (tertiary/aromatic N) is 2. The minimum absolute atomic E-state index is 0.00769. The molecule has 0 fully saturated rings. The molecule has 5 heteroatoms. The highest BCUT2D eigenvalue weighted by atomic mass is 35.5. The first kappa shape index (κ1) is 15.5. The number of aromatic nitrogens is 2. The lowest BCUT2D eigenvalue weighted by molar-refractivity contribution is 0.0352. The van der Waals surface area contributed by atoms with Crippen molar-refractivity contribution in [1.82, 2.24) is 9.78 Å². The third-order valence-corrected chi connectivity index (χ3v) is 3.24. The molecule has 2 atom stereocenters. The van der Waals surface area contributed by atoms with E-state index < -0.39 is 0 Å². The van der Waals surface area contributed by atoms with Gasteiger partial charge < -0.3 is 10.5 Å². The van der Waals surface area contributed by atoms with Crippen LogP contribution < -0.4 is 5.73 Å². The first-order valence-electron chi connectivity index (χ1n) is 6.62. The molecule has 1 aromatic heterocycles. The maximum absolute atomic E-state index is 6.32. The average Bonchev–Trinajstić information content (AvgIpc) is 2.70. The number of ether oxygens (including phenoxy) is 1. The topological polar surface area (TPSA) is 53.1 Å². The van der Waals surface area contributed by atoms with Crippen LogP contribution in [-0.2, 0) is 4.74 Å². The minimum atomic E-state index is -0.234. The minimum Gasteiger partial charge on any atom is -0.376 e. The molecule has 0 radical (unpaired) electrons. The van der Waals surface area contributed by atoms with Crippen molar-refractivity contribution in [3.05, 3.63) is 16.9 Å². The molecular weight excluding hydrogens is 250 g/mol. The first-order chi connectivity index (χ1) is 8.52. The fourth-order valence-corrected chi connectivity index (χ4v) is 2.37. The number of nitrogens with two attached hydrogens (primary N) is 1. The van der Waals surface area contributed by atoms with Crippen molar-refractivity contribution in [3.8, 4) is 0 Å². The largest absolute Gasteiger partial charge is 0.376 e. The Hall–Kier alpha value is -0.580. The fourth-order valence-electron chi connectivity index (χ4n) is 2.12. The van der Waals surface area contributed by atoms with E-state index in [1.54, 1.807) is 6.20 Å². The molecule has 2 N–H and O–H groups in total. The number of hydrogen-bond donors (Lipinski definition) is 1. The number of rotatable bonds is 7. The van der Waals surface area contributed by atoms with Crippen molar-refractivity contribution in [1.29, 1.82) is 0 Å². The molecule has 0 saturated carbocycles. The second kappa shape index (κ2) is 7.12. The SMILES string of the molecule is CCCC(OCC)C(N)c1c(Cl)cnn1C(C)C.